The Kier molecular flexibility index (Phi) is 10.5. The van der Waals surface area contributed by atoms with Gasteiger partial charge in [0.25, 0.3) is 0 Å². The van der Waals surface area contributed by atoms with Gasteiger partial charge in [-0.1, -0.05) is 26.2 Å². The van der Waals surface area contributed by atoms with Gasteiger partial charge in [0.1, 0.15) is 16.7 Å². The van der Waals surface area contributed by atoms with Crippen LogP contribution in [-0.2, 0) is 11.0 Å². The highest BCUT2D eigenvalue weighted by molar-refractivity contribution is 7.82. The molecule has 0 bridgehead atoms. The van der Waals surface area contributed by atoms with Crippen molar-refractivity contribution in [2.75, 3.05) is 32.8 Å². The number of likely N-dealkylation sites (tertiary alicyclic amines) is 1. The van der Waals surface area contributed by atoms with Crippen LogP contribution in [0.3, 0.4) is 0 Å². The average Bonchev–Trinajstić information content (AvgIpc) is 3.56. The van der Waals surface area contributed by atoms with Crippen molar-refractivity contribution in [2.24, 2.45) is 0 Å². The first kappa shape index (κ1) is 28.4. The number of aromatic nitrogens is 1. The zero-order chi connectivity index (χ0) is 26.9. The Hall–Kier alpha value is -2.59. The standard InChI is InChI=1S/C29H35N3O2S.C3H8/c1-3-24-7-10-28(11-8-24)35(33)31-18-14-26(15-19-31)32-20-13-25-22-27(9-12-29(25)32)34-21-5-17-30-16-4-6-23(30)2;1-3-2/h1,7-13,20,22-23,26H,4-6,14-19,21H2,2H3;3H2,1-2H3/t23-,35?;/m1./s1. The van der Waals surface area contributed by atoms with Crippen molar-refractivity contribution >= 4 is 21.9 Å². The van der Waals surface area contributed by atoms with Gasteiger partial charge >= 0.3 is 0 Å². The fourth-order valence-electron chi connectivity index (χ4n) is 5.44. The third-order valence-electron chi connectivity index (χ3n) is 7.51. The molecule has 6 heteroatoms. The lowest BCUT2D eigenvalue weighted by molar-refractivity contribution is 0.230. The molecule has 2 aliphatic heterocycles. The van der Waals surface area contributed by atoms with Crippen molar-refractivity contribution < 1.29 is 8.95 Å². The predicted octanol–water partition coefficient (Wildman–Crippen LogP) is 6.65. The van der Waals surface area contributed by atoms with Crippen molar-refractivity contribution in [3.63, 3.8) is 0 Å². The zero-order valence-corrected chi connectivity index (χ0v) is 24.1. The van der Waals surface area contributed by atoms with Crippen molar-refractivity contribution in [1.82, 2.24) is 13.8 Å². The van der Waals surface area contributed by atoms with Crippen molar-refractivity contribution in [3.05, 3.63) is 60.3 Å². The molecule has 1 unspecified atom stereocenters. The first-order valence-corrected chi connectivity index (χ1v) is 15.4. The van der Waals surface area contributed by atoms with E-state index in [4.69, 9.17) is 11.2 Å². The van der Waals surface area contributed by atoms with E-state index in [1.54, 1.807) is 0 Å². The molecule has 5 rings (SSSR count). The summed E-state index contributed by atoms with van der Waals surface area (Å²) in [5, 5.41) is 1.22. The van der Waals surface area contributed by atoms with Crippen LogP contribution < -0.4 is 4.74 Å². The minimum absolute atomic E-state index is 0.416. The Balaban J connectivity index is 0.00000107. The molecule has 0 spiro atoms. The van der Waals surface area contributed by atoms with Gasteiger partial charge in [0, 0.05) is 54.4 Å². The largest absolute Gasteiger partial charge is 0.494 e. The first-order chi connectivity index (χ1) is 18.5. The molecule has 0 radical (unpaired) electrons. The number of hydrogen-bond donors (Lipinski definition) is 0. The van der Waals surface area contributed by atoms with Gasteiger partial charge in [-0.2, -0.15) is 0 Å². The molecule has 38 heavy (non-hydrogen) atoms. The molecule has 0 amide bonds. The van der Waals surface area contributed by atoms with E-state index in [0.717, 1.165) is 67.8 Å². The zero-order valence-electron chi connectivity index (χ0n) is 23.3. The minimum atomic E-state index is -1.14. The van der Waals surface area contributed by atoms with Gasteiger partial charge in [-0.3, -0.25) is 0 Å². The number of piperidine rings is 1. The van der Waals surface area contributed by atoms with Gasteiger partial charge in [-0.25, -0.2) is 8.51 Å². The molecule has 2 fully saturated rings. The summed E-state index contributed by atoms with van der Waals surface area (Å²) in [5.41, 5.74) is 2.06. The molecule has 3 heterocycles. The van der Waals surface area contributed by atoms with E-state index >= 15 is 0 Å². The van der Waals surface area contributed by atoms with E-state index in [1.165, 1.54) is 36.7 Å². The number of nitrogens with zero attached hydrogens (tertiary/aromatic N) is 3. The Morgan fingerprint density at radius 2 is 1.76 bits per heavy atom. The molecular weight excluding hydrogens is 490 g/mol. The molecule has 2 saturated heterocycles. The van der Waals surface area contributed by atoms with E-state index in [9.17, 15) is 4.21 Å². The fourth-order valence-corrected chi connectivity index (χ4v) is 6.65. The van der Waals surface area contributed by atoms with Crippen LogP contribution in [0.1, 0.15) is 70.9 Å². The number of ether oxygens (including phenoxy) is 1. The highest BCUT2D eigenvalue weighted by Gasteiger charge is 2.25. The molecule has 2 aromatic carbocycles. The molecule has 2 aliphatic rings. The molecule has 0 N–H and O–H groups in total. The maximum Gasteiger partial charge on any atom is 0.127 e. The maximum absolute atomic E-state index is 13.0. The van der Waals surface area contributed by atoms with Gasteiger partial charge in [0.05, 0.1) is 11.5 Å². The molecule has 0 aliphatic carbocycles. The third kappa shape index (κ3) is 7.08. The van der Waals surface area contributed by atoms with Crippen LogP contribution in [-0.4, -0.2) is 56.8 Å². The maximum atomic E-state index is 13.0. The van der Waals surface area contributed by atoms with Crippen LogP contribution in [0.15, 0.2) is 59.6 Å². The number of rotatable bonds is 8. The van der Waals surface area contributed by atoms with E-state index in [0.29, 0.717) is 6.04 Å². The van der Waals surface area contributed by atoms with E-state index in [1.807, 2.05) is 24.3 Å². The topological polar surface area (TPSA) is 37.7 Å². The normalized spacial score (nSPS) is 19.6. The van der Waals surface area contributed by atoms with E-state index < -0.39 is 11.0 Å². The quantitative estimate of drug-likeness (QED) is 0.240. The number of hydrogen-bond acceptors (Lipinski definition) is 3. The smallest absolute Gasteiger partial charge is 0.127 e. The van der Waals surface area contributed by atoms with Crippen molar-refractivity contribution in [2.45, 2.75) is 76.3 Å². The molecule has 1 aromatic heterocycles. The molecule has 204 valence electrons. The summed E-state index contributed by atoms with van der Waals surface area (Å²) < 4.78 is 23.5. The second kappa shape index (κ2) is 14.0. The summed E-state index contributed by atoms with van der Waals surface area (Å²) >= 11 is 0. The second-order valence-electron chi connectivity index (χ2n) is 10.5. The van der Waals surface area contributed by atoms with Crippen molar-refractivity contribution in [1.29, 1.82) is 0 Å². The summed E-state index contributed by atoms with van der Waals surface area (Å²) in [6.45, 7) is 11.3. The Labute approximate surface area is 231 Å². The van der Waals surface area contributed by atoms with Crippen LogP contribution in [0, 0.1) is 12.3 Å². The van der Waals surface area contributed by atoms with Gasteiger partial charge < -0.3 is 14.2 Å². The molecule has 3 aromatic rings. The Morgan fingerprint density at radius 1 is 1.03 bits per heavy atom. The predicted molar refractivity (Wildman–Crippen MR) is 159 cm³/mol. The van der Waals surface area contributed by atoms with Crippen LogP contribution >= 0.6 is 0 Å². The van der Waals surface area contributed by atoms with Gasteiger partial charge in [-0.15, -0.1) is 6.42 Å². The summed E-state index contributed by atoms with van der Waals surface area (Å²) in [4.78, 5) is 3.39. The first-order valence-electron chi connectivity index (χ1n) is 14.2. The molecule has 0 saturated carbocycles. The van der Waals surface area contributed by atoms with E-state index in [2.05, 4.69) is 70.9 Å². The SMILES string of the molecule is C#Cc1ccc(S(=O)N2CCC(n3ccc4cc(OCCCN5CCC[C@H]5C)ccc43)CC2)cc1.CCC. The lowest BCUT2D eigenvalue weighted by atomic mass is 10.1. The molecule has 5 nitrogen and oxygen atoms in total. The van der Waals surface area contributed by atoms with E-state index in [-0.39, 0.29) is 0 Å². The summed E-state index contributed by atoms with van der Waals surface area (Å²) in [7, 11) is -1.14. The summed E-state index contributed by atoms with van der Waals surface area (Å²) in [6, 6.07) is 17.2. The Bertz CT molecular complexity index is 1220. The number of benzene rings is 2. The molecular formula is C32H43N3O2S. The van der Waals surface area contributed by atoms with Crippen LogP contribution in [0.5, 0.6) is 5.75 Å². The lowest BCUT2D eigenvalue weighted by Crippen LogP contribution is -2.35. The van der Waals surface area contributed by atoms with Gasteiger partial charge in [0.15, 0.2) is 0 Å². The number of terminal acetylenes is 1. The average molecular weight is 534 g/mol. The summed E-state index contributed by atoms with van der Waals surface area (Å²) in [6.07, 6.45) is 14.6. The highest BCUT2D eigenvalue weighted by atomic mass is 32.2. The van der Waals surface area contributed by atoms with Gasteiger partial charge in [-0.05, 0) is 94.1 Å². The second-order valence-corrected chi connectivity index (χ2v) is 11.9. The van der Waals surface area contributed by atoms with Crippen molar-refractivity contribution in [3.8, 4) is 18.1 Å². The van der Waals surface area contributed by atoms with Crippen LogP contribution in [0.25, 0.3) is 10.9 Å². The van der Waals surface area contributed by atoms with Crippen LogP contribution in [0.4, 0.5) is 0 Å². The third-order valence-corrected chi connectivity index (χ3v) is 9.02. The Morgan fingerprint density at radius 3 is 2.42 bits per heavy atom. The molecule has 2 atom stereocenters. The highest BCUT2D eigenvalue weighted by Crippen LogP contribution is 2.31. The summed E-state index contributed by atoms with van der Waals surface area (Å²) in [5.74, 6) is 3.56. The van der Waals surface area contributed by atoms with Crippen LogP contribution in [0.2, 0.25) is 0 Å². The fraction of sp³-hybridized carbons (Fsp3) is 0.500. The lowest BCUT2D eigenvalue weighted by Gasteiger charge is -2.32. The number of fused-ring (bicyclic) bond motifs is 1. The van der Waals surface area contributed by atoms with Gasteiger partial charge in [0.2, 0.25) is 0 Å². The monoisotopic (exact) mass is 533 g/mol. The minimum Gasteiger partial charge on any atom is -0.494 e.